The van der Waals surface area contributed by atoms with Gasteiger partial charge in [0.05, 0.1) is 13.2 Å². The predicted molar refractivity (Wildman–Crippen MR) is 117 cm³/mol. The molecule has 0 aromatic rings. The number of aliphatic hydroxyl groups is 3. The second-order valence-electron chi connectivity index (χ2n) is 9.91. The van der Waals surface area contributed by atoms with Crippen LogP contribution in [0, 0.1) is 17.3 Å². The number of hydrogen-bond acceptors (Lipinski definition) is 11. The van der Waals surface area contributed by atoms with Crippen molar-refractivity contribution in [1.82, 2.24) is 5.09 Å². The van der Waals surface area contributed by atoms with Crippen molar-refractivity contribution in [2.24, 2.45) is 17.3 Å². The fraction of sp³-hybridized carbons (Fsp3) is 0.864. The molecule has 192 valence electrons. The predicted octanol–water partition coefficient (Wildman–Crippen LogP) is 0.683. The second kappa shape index (κ2) is 10.8. The van der Waals surface area contributed by atoms with Crippen molar-refractivity contribution in [2.45, 2.75) is 88.9 Å². The number of nitrogens with one attached hydrogen (secondary N) is 1. The molecule has 12 heteroatoms. The SMILES string of the molecule is C[C@@H]1CCCC[C@H]1NP1OC(=O)C2(CC(CCCOC3O[C@H](CO)[C@@H](O)[C@H](O)C3=O)C2)C(=O)O1. The topological polar surface area (TPSA) is 161 Å². The normalized spacial score (nSPS) is 42.8. The van der Waals surface area contributed by atoms with Gasteiger partial charge in [-0.2, -0.15) is 0 Å². The van der Waals surface area contributed by atoms with Crippen LogP contribution in [0.4, 0.5) is 0 Å². The Morgan fingerprint density at radius 1 is 1.12 bits per heavy atom. The van der Waals surface area contributed by atoms with Gasteiger partial charge in [-0.3, -0.25) is 14.4 Å². The van der Waals surface area contributed by atoms with E-state index < -0.39 is 62.9 Å². The van der Waals surface area contributed by atoms with E-state index in [0.717, 1.165) is 19.3 Å². The molecule has 2 saturated heterocycles. The van der Waals surface area contributed by atoms with Crippen molar-refractivity contribution < 1.29 is 48.2 Å². The summed E-state index contributed by atoms with van der Waals surface area (Å²) in [7, 11) is -1.75. The van der Waals surface area contributed by atoms with Crippen LogP contribution < -0.4 is 5.09 Å². The Bertz CT molecular complexity index is 755. The number of carbonyl (C=O) groups excluding carboxylic acids is 3. The van der Waals surface area contributed by atoms with Crippen LogP contribution in [-0.2, 0) is 32.9 Å². The number of hydrogen-bond donors (Lipinski definition) is 4. The molecule has 2 saturated carbocycles. The Kier molecular flexibility index (Phi) is 8.24. The van der Waals surface area contributed by atoms with Crippen LogP contribution in [0.25, 0.3) is 0 Å². The summed E-state index contributed by atoms with van der Waals surface area (Å²) >= 11 is 0. The summed E-state index contributed by atoms with van der Waals surface area (Å²) in [5.41, 5.74) is -1.22. The van der Waals surface area contributed by atoms with Gasteiger partial charge in [-0.1, -0.05) is 19.8 Å². The zero-order valence-electron chi connectivity index (χ0n) is 19.3. The van der Waals surface area contributed by atoms with Crippen molar-refractivity contribution >= 4 is 26.2 Å². The first-order chi connectivity index (χ1) is 16.2. The summed E-state index contributed by atoms with van der Waals surface area (Å²) in [6, 6.07) is 0.181. The molecule has 0 aromatic heterocycles. The van der Waals surface area contributed by atoms with E-state index in [-0.39, 0.29) is 18.6 Å². The highest BCUT2D eigenvalue weighted by atomic mass is 31.2. The molecular formula is C22H34NO10P. The third-order valence-electron chi connectivity index (χ3n) is 7.50. The molecule has 2 aliphatic carbocycles. The third-order valence-corrected chi connectivity index (χ3v) is 8.71. The van der Waals surface area contributed by atoms with Gasteiger partial charge in [0.1, 0.15) is 18.3 Å². The van der Waals surface area contributed by atoms with Crippen molar-refractivity contribution in [3.63, 3.8) is 0 Å². The smallest absolute Gasteiger partial charge is 0.386 e. The zero-order valence-corrected chi connectivity index (χ0v) is 20.2. The summed E-state index contributed by atoms with van der Waals surface area (Å²) in [6.07, 6.45) is 0.628. The Morgan fingerprint density at radius 3 is 2.44 bits per heavy atom. The number of aliphatic hydroxyl groups excluding tert-OH is 3. The van der Waals surface area contributed by atoms with Crippen molar-refractivity contribution in [3.8, 4) is 0 Å². The highest BCUT2D eigenvalue weighted by Gasteiger charge is 2.62. The minimum absolute atomic E-state index is 0.111. The molecule has 4 N–H and O–H groups in total. The van der Waals surface area contributed by atoms with Crippen molar-refractivity contribution in [2.75, 3.05) is 13.2 Å². The van der Waals surface area contributed by atoms with Gasteiger partial charge in [0.15, 0.2) is 5.41 Å². The van der Waals surface area contributed by atoms with E-state index in [1.807, 2.05) is 0 Å². The summed E-state index contributed by atoms with van der Waals surface area (Å²) in [6.45, 7) is 1.73. The molecule has 2 aliphatic heterocycles. The molecular weight excluding hydrogens is 469 g/mol. The van der Waals surface area contributed by atoms with Gasteiger partial charge in [-0.15, -0.1) is 0 Å². The number of rotatable bonds is 8. The minimum Gasteiger partial charge on any atom is -0.394 e. The molecule has 34 heavy (non-hydrogen) atoms. The van der Waals surface area contributed by atoms with Gasteiger partial charge in [-0.25, -0.2) is 5.09 Å². The van der Waals surface area contributed by atoms with Crippen LogP contribution in [0.2, 0.25) is 0 Å². The molecule has 11 nitrogen and oxygen atoms in total. The molecule has 0 aromatic carbocycles. The van der Waals surface area contributed by atoms with E-state index in [0.29, 0.717) is 31.6 Å². The lowest BCUT2D eigenvalue weighted by atomic mass is 9.60. The van der Waals surface area contributed by atoms with Crippen molar-refractivity contribution in [3.05, 3.63) is 0 Å². The lowest BCUT2D eigenvalue weighted by Crippen LogP contribution is -2.57. The van der Waals surface area contributed by atoms with E-state index in [2.05, 4.69) is 12.0 Å². The number of ether oxygens (including phenoxy) is 2. The molecule has 6 atom stereocenters. The quantitative estimate of drug-likeness (QED) is 0.209. The fourth-order valence-corrected chi connectivity index (χ4v) is 6.69. The summed E-state index contributed by atoms with van der Waals surface area (Å²) in [5, 5.41) is 31.9. The van der Waals surface area contributed by atoms with Gasteiger partial charge in [-0.05, 0) is 50.4 Å². The van der Waals surface area contributed by atoms with E-state index in [9.17, 15) is 29.7 Å². The van der Waals surface area contributed by atoms with Crippen LogP contribution in [0.3, 0.4) is 0 Å². The number of ketones is 1. The van der Waals surface area contributed by atoms with Crippen LogP contribution in [-0.4, -0.2) is 76.9 Å². The van der Waals surface area contributed by atoms with Crippen LogP contribution >= 0.6 is 8.53 Å². The maximum absolute atomic E-state index is 12.7. The molecule has 1 unspecified atom stereocenters. The lowest BCUT2D eigenvalue weighted by molar-refractivity contribution is -0.240. The van der Waals surface area contributed by atoms with Crippen LogP contribution in [0.1, 0.15) is 58.3 Å². The Balaban J connectivity index is 1.18. The molecule has 4 rings (SSSR count). The molecule has 4 aliphatic rings. The fourth-order valence-electron chi connectivity index (χ4n) is 5.24. The average molecular weight is 503 g/mol. The van der Waals surface area contributed by atoms with Gasteiger partial charge < -0.3 is 33.8 Å². The minimum atomic E-state index is -1.75. The van der Waals surface area contributed by atoms with Crippen molar-refractivity contribution in [1.29, 1.82) is 0 Å². The van der Waals surface area contributed by atoms with E-state index in [4.69, 9.17) is 18.5 Å². The average Bonchev–Trinajstić information content (AvgIpc) is 2.78. The number of carbonyl (C=O) groups is 3. The first-order valence-corrected chi connectivity index (χ1v) is 13.2. The first kappa shape index (κ1) is 25.9. The summed E-state index contributed by atoms with van der Waals surface area (Å²) in [4.78, 5) is 37.4. The largest absolute Gasteiger partial charge is 0.394 e. The van der Waals surface area contributed by atoms with Gasteiger partial charge in [0, 0.05) is 6.04 Å². The van der Waals surface area contributed by atoms with Gasteiger partial charge in [0.25, 0.3) is 0 Å². The maximum atomic E-state index is 12.7. The third kappa shape index (κ3) is 5.16. The Hall–Kier alpha value is -1.20. The van der Waals surface area contributed by atoms with E-state index in [1.54, 1.807) is 0 Å². The zero-order chi connectivity index (χ0) is 24.5. The molecule has 1 spiro atoms. The Morgan fingerprint density at radius 2 is 1.79 bits per heavy atom. The molecule has 4 fully saturated rings. The van der Waals surface area contributed by atoms with Crippen LogP contribution in [0.5, 0.6) is 0 Å². The highest BCUT2D eigenvalue weighted by Crippen LogP contribution is 2.57. The summed E-state index contributed by atoms with van der Waals surface area (Å²) < 4.78 is 21.6. The number of Topliss-reactive ketones (excluding diaryl/α,β-unsaturated/α-hetero) is 1. The highest BCUT2D eigenvalue weighted by molar-refractivity contribution is 7.46. The molecule has 0 amide bonds. The molecule has 0 bridgehead atoms. The monoisotopic (exact) mass is 503 g/mol. The van der Waals surface area contributed by atoms with Gasteiger partial charge in [0.2, 0.25) is 12.1 Å². The first-order valence-electron chi connectivity index (χ1n) is 12.0. The van der Waals surface area contributed by atoms with Crippen LogP contribution in [0.15, 0.2) is 0 Å². The van der Waals surface area contributed by atoms with E-state index in [1.165, 1.54) is 6.42 Å². The second-order valence-corrected chi connectivity index (χ2v) is 11.0. The van der Waals surface area contributed by atoms with E-state index >= 15 is 0 Å². The van der Waals surface area contributed by atoms with Gasteiger partial charge >= 0.3 is 20.5 Å². The maximum Gasteiger partial charge on any atom is 0.386 e. The standard InChI is InChI=1S/C22H34NO10P/c1-12-5-2-3-7-14(12)23-34-32-20(28)22(21(29)33-34)9-13(10-22)6-4-8-30-19-18(27)17(26)16(25)15(11-24)31-19/h12-17,19,23-26H,2-11H2,1H3/t12-,13?,14-,15-,16-,17+,19?,22?,34?/m1/s1. The molecule has 2 heterocycles. The summed E-state index contributed by atoms with van der Waals surface area (Å²) in [5.74, 6) is -1.26. The molecule has 0 radical (unpaired) electrons. The Labute approximate surface area is 199 Å². The lowest BCUT2D eigenvalue weighted by Gasteiger charge is -2.46.